The highest BCUT2D eigenvalue weighted by Gasteiger charge is 2.10. The molecule has 1 aromatic heterocycles. The lowest BCUT2D eigenvalue weighted by molar-refractivity contribution is 0.170. The van der Waals surface area contributed by atoms with E-state index in [-0.39, 0.29) is 17.7 Å². The van der Waals surface area contributed by atoms with E-state index in [9.17, 15) is 14.7 Å². The molecule has 0 saturated heterocycles. The SMILES string of the molecule is CSCC(O)Cn1[nH]c(=O)c2ccccc2c1=O. The second-order valence-electron chi connectivity index (χ2n) is 4.01. The van der Waals surface area contributed by atoms with Gasteiger partial charge in [-0.15, -0.1) is 0 Å². The molecule has 2 N–H and O–H groups in total. The Labute approximate surface area is 107 Å². The molecule has 1 heterocycles. The van der Waals surface area contributed by atoms with Gasteiger partial charge in [0.05, 0.1) is 23.4 Å². The third-order valence-electron chi connectivity index (χ3n) is 2.64. The lowest BCUT2D eigenvalue weighted by Crippen LogP contribution is -2.34. The maximum atomic E-state index is 12.1. The van der Waals surface area contributed by atoms with Gasteiger partial charge in [-0.05, 0) is 18.4 Å². The topological polar surface area (TPSA) is 75.1 Å². The zero-order valence-corrected chi connectivity index (χ0v) is 10.7. The fraction of sp³-hybridized carbons (Fsp3) is 0.333. The van der Waals surface area contributed by atoms with Crippen LogP contribution < -0.4 is 11.1 Å². The van der Waals surface area contributed by atoms with E-state index in [1.54, 1.807) is 24.3 Å². The summed E-state index contributed by atoms with van der Waals surface area (Å²) < 4.78 is 1.17. The van der Waals surface area contributed by atoms with Gasteiger partial charge in [0, 0.05) is 5.75 Å². The molecule has 6 heteroatoms. The van der Waals surface area contributed by atoms with Crippen LogP contribution >= 0.6 is 11.8 Å². The van der Waals surface area contributed by atoms with E-state index in [0.29, 0.717) is 16.5 Å². The normalized spacial score (nSPS) is 12.8. The predicted molar refractivity (Wildman–Crippen MR) is 73.2 cm³/mol. The number of hydrogen-bond acceptors (Lipinski definition) is 4. The van der Waals surface area contributed by atoms with Crippen molar-refractivity contribution in [2.75, 3.05) is 12.0 Å². The fourth-order valence-electron chi connectivity index (χ4n) is 1.83. The van der Waals surface area contributed by atoms with Crippen LogP contribution in [0.4, 0.5) is 0 Å². The summed E-state index contributed by atoms with van der Waals surface area (Å²) in [5.74, 6) is 0.515. The number of nitrogens with one attached hydrogen (secondary N) is 1. The number of aliphatic hydroxyl groups excluding tert-OH is 1. The van der Waals surface area contributed by atoms with Gasteiger partial charge >= 0.3 is 0 Å². The number of H-pyrrole nitrogens is 1. The van der Waals surface area contributed by atoms with Crippen molar-refractivity contribution in [2.45, 2.75) is 12.6 Å². The minimum atomic E-state index is -0.658. The van der Waals surface area contributed by atoms with Gasteiger partial charge in [0.25, 0.3) is 11.1 Å². The smallest absolute Gasteiger partial charge is 0.273 e. The lowest BCUT2D eigenvalue weighted by Gasteiger charge is -2.11. The Hall–Kier alpha value is -1.53. The minimum Gasteiger partial charge on any atom is -0.390 e. The maximum absolute atomic E-state index is 12.1. The van der Waals surface area contributed by atoms with Crippen LogP contribution in [0.15, 0.2) is 33.9 Å². The van der Waals surface area contributed by atoms with E-state index in [0.717, 1.165) is 0 Å². The molecule has 0 bridgehead atoms. The van der Waals surface area contributed by atoms with Gasteiger partial charge in [0.1, 0.15) is 0 Å². The second kappa shape index (κ2) is 5.41. The Morgan fingerprint density at radius 2 is 2.00 bits per heavy atom. The molecule has 96 valence electrons. The molecule has 1 atom stereocenters. The van der Waals surface area contributed by atoms with Crippen LogP contribution in [0.25, 0.3) is 10.8 Å². The Bertz CT molecular complexity index is 662. The standard InChI is InChI=1S/C12H14N2O3S/c1-18-7-8(15)6-14-12(17)10-5-3-2-4-9(10)11(16)13-14/h2-5,8,15H,6-7H2,1H3,(H,13,16). The highest BCUT2D eigenvalue weighted by atomic mass is 32.2. The maximum Gasteiger partial charge on any atom is 0.273 e. The molecule has 2 aromatic rings. The number of aromatic nitrogens is 2. The quantitative estimate of drug-likeness (QED) is 0.840. The highest BCUT2D eigenvalue weighted by molar-refractivity contribution is 7.98. The molecular formula is C12H14N2O3S. The first-order valence-corrected chi connectivity index (χ1v) is 6.91. The van der Waals surface area contributed by atoms with Gasteiger partial charge < -0.3 is 5.11 Å². The summed E-state index contributed by atoms with van der Waals surface area (Å²) in [5.41, 5.74) is -0.605. The van der Waals surface area contributed by atoms with Crippen molar-refractivity contribution < 1.29 is 5.11 Å². The second-order valence-corrected chi connectivity index (χ2v) is 4.92. The van der Waals surface area contributed by atoms with Crippen molar-refractivity contribution in [3.8, 4) is 0 Å². The molecule has 0 aliphatic carbocycles. The van der Waals surface area contributed by atoms with Gasteiger partial charge in [0.15, 0.2) is 0 Å². The van der Waals surface area contributed by atoms with Crippen LogP contribution in [0, 0.1) is 0 Å². The van der Waals surface area contributed by atoms with Gasteiger partial charge in [-0.1, -0.05) is 12.1 Å². The van der Waals surface area contributed by atoms with E-state index in [2.05, 4.69) is 5.10 Å². The molecule has 0 amide bonds. The van der Waals surface area contributed by atoms with Crippen molar-refractivity contribution in [2.24, 2.45) is 0 Å². The first kappa shape index (κ1) is 12.9. The fourth-order valence-corrected chi connectivity index (χ4v) is 2.32. The van der Waals surface area contributed by atoms with Gasteiger partial charge in [-0.25, -0.2) is 4.68 Å². The molecular weight excluding hydrogens is 252 g/mol. The molecule has 0 aliphatic heterocycles. The van der Waals surface area contributed by atoms with Crippen LogP contribution in [0.2, 0.25) is 0 Å². The van der Waals surface area contributed by atoms with E-state index >= 15 is 0 Å². The molecule has 18 heavy (non-hydrogen) atoms. The molecule has 1 unspecified atom stereocenters. The van der Waals surface area contributed by atoms with Crippen LogP contribution in [0.5, 0.6) is 0 Å². The number of benzene rings is 1. The summed E-state index contributed by atoms with van der Waals surface area (Å²) in [6, 6.07) is 6.65. The number of hydrogen-bond donors (Lipinski definition) is 2. The monoisotopic (exact) mass is 266 g/mol. The van der Waals surface area contributed by atoms with E-state index in [4.69, 9.17) is 0 Å². The summed E-state index contributed by atoms with van der Waals surface area (Å²) in [6.07, 6.45) is 1.21. The zero-order valence-electron chi connectivity index (χ0n) is 9.92. The van der Waals surface area contributed by atoms with Crippen LogP contribution in [-0.4, -0.2) is 33.0 Å². The zero-order chi connectivity index (χ0) is 13.1. The molecule has 0 aliphatic rings. The van der Waals surface area contributed by atoms with Crippen molar-refractivity contribution in [1.29, 1.82) is 0 Å². The Balaban J connectivity index is 2.50. The van der Waals surface area contributed by atoms with Gasteiger partial charge in [0.2, 0.25) is 0 Å². The largest absolute Gasteiger partial charge is 0.390 e. The van der Waals surface area contributed by atoms with Crippen molar-refractivity contribution in [3.05, 3.63) is 45.0 Å². The van der Waals surface area contributed by atoms with Crippen molar-refractivity contribution in [1.82, 2.24) is 9.78 Å². The Morgan fingerprint density at radius 3 is 2.67 bits per heavy atom. The Morgan fingerprint density at radius 1 is 1.33 bits per heavy atom. The molecule has 5 nitrogen and oxygen atoms in total. The third-order valence-corrected chi connectivity index (χ3v) is 3.35. The molecule has 0 radical (unpaired) electrons. The number of aromatic amines is 1. The third kappa shape index (κ3) is 2.49. The van der Waals surface area contributed by atoms with Crippen LogP contribution in [0.1, 0.15) is 0 Å². The summed E-state index contributed by atoms with van der Waals surface area (Å²) >= 11 is 1.49. The number of aliphatic hydroxyl groups is 1. The summed E-state index contributed by atoms with van der Waals surface area (Å²) in [6.45, 7) is 0.0970. The average molecular weight is 266 g/mol. The summed E-state index contributed by atoms with van der Waals surface area (Å²) in [7, 11) is 0. The van der Waals surface area contributed by atoms with E-state index in [1.807, 2.05) is 6.26 Å². The molecule has 0 saturated carbocycles. The molecule has 0 spiro atoms. The summed E-state index contributed by atoms with van der Waals surface area (Å²) in [4.78, 5) is 23.9. The molecule has 1 aromatic carbocycles. The number of nitrogens with zero attached hydrogens (tertiary/aromatic N) is 1. The number of thioether (sulfide) groups is 1. The first-order chi connectivity index (χ1) is 8.63. The van der Waals surface area contributed by atoms with Crippen molar-refractivity contribution in [3.63, 3.8) is 0 Å². The van der Waals surface area contributed by atoms with Gasteiger partial charge in [-0.2, -0.15) is 11.8 Å². The Kier molecular flexibility index (Phi) is 3.88. The van der Waals surface area contributed by atoms with Gasteiger partial charge in [-0.3, -0.25) is 14.7 Å². The number of rotatable bonds is 4. The molecule has 0 fully saturated rings. The predicted octanol–water partition coefficient (Wildman–Crippen LogP) is 0.414. The average Bonchev–Trinajstić information content (AvgIpc) is 2.36. The minimum absolute atomic E-state index is 0.0970. The first-order valence-electron chi connectivity index (χ1n) is 5.52. The van der Waals surface area contributed by atoms with Crippen LogP contribution in [-0.2, 0) is 6.54 Å². The number of fused-ring (bicyclic) bond motifs is 1. The van der Waals surface area contributed by atoms with E-state index in [1.165, 1.54) is 16.4 Å². The van der Waals surface area contributed by atoms with E-state index < -0.39 is 6.10 Å². The van der Waals surface area contributed by atoms with Crippen LogP contribution in [0.3, 0.4) is 0 Å². The lowest BCUT2D eigenvalue weighted by atomic mass is 10.2. The van der Waals surface area contributed by atoms with Crippen molar-refractivity contribution >= 4 is 22.5 Å². The highest BCUT2D eigenvalue weighted by Crippen LogP contribution is 2.03. The summed E-state index contributed by atoms with van der Waals surface area (Å²) in [5, 5.41) is 12.9. The molecule has 2 rings (SSSR count).